The van der Waals surface area contributed by atoms with Gasteiger partial charge in [-0.2, -0.15) is 0 Å². The van der Waals surface area contributed by atoms with Crippen molar-refractivity contribution in [3.63, 3.8) is 0 Å². The average Bonchev–Trinajstić information content (AvgIpc) is 2.68. The number of carbonyl (C=O) groups is 6. The molecule has 0 bridgehead atoms. The van der Waals surface area contributed by atoms with Crippen molar-refractivity contribution in [3.8, 4) is 0 Å². The Hall–Kier alpha value is -2.97. The van der Waals surface area contributed by atoms with Gasteiger partial charge in [-0.1, -0.05) is 0 Å². The van der Waals surface area contributed by atoms with Gasteiger partial charge in [0, 0.05) is 12.8 Å². The lowest BCUT2D eigenvalue weighted by Crippen LogP contribution is -2.72. The molecule has 194 valence electrons. The minimum atomic E-state index is -3.22. The predicted octanol–water partition coefficient (Wildman–Crippen LogP) is -0.456. The number of nitrogens with two attached hydrogens (primary N) is 2. The summed E-state index contributed by atoms with van der Waals surface area (Å²) in [5.74, 6) is -8.84. The number of ketones is 2. The van der Waals surface area contributed by atoms with Gasteiger partial charge in [0.15, 0.2) is 17.1 Å². The largest absolute Gasteiger partial charge is 0.481 e. The molecule has 13 nitrogen and oxygen atoms in total. The van der Waals surface area contributed by atoms with Crippen LogP contribution < -0.4 is 17.0 Å². The number of carboxylic acids is 3. The molecule has 0 aliphatic heterocycles. The maximum atomic E-state index is 13.5. The van der Waals surface area contributed by atoms with Gasteiger partial charge in [0.2, 0.25) is 0 Å². The van der Waals surface area contributed by atoms with Crippen molar-refractivity contribution in [1.82, 2.24) is 5.54 Å². The number of carboxylic acid groups (broad SMARTS) is 3. The fourth-order valence-electron chi connectivity index (χ4n) is 3.29. The van der Waals surface area contributed by atoms with Gasteiger partial charge >= 0.3 is 23.9 Å². The Morgan fingerprint density at radius 2 is 1.38 bits per heavy atom. The zero-order valence-corrected chi connectivity index (χ0v) is 19.4. The SMILES string of the molecule is CC(C)(C)OC(=O)CC(C)(C(=O)C(CCC(=O)O)NF)C(N)(C(=O)O)C(=O)C(N)CCC(=O)O. The first-order valence-corrected chi connectivity index (χ1v) is 10.2. The van der Waals surface area contributed by atoms with Crippen LogP contribution in [0.15, 0.2) is 0 Å². The summed E-state index contributed by atoms with van der Waals surface area (Å²) < 4.78 is 18.6. The van der Waals surface area contributed by atoms with E-state index in [9.17, 15) is 38.4 Å². The fourth-order valence-corrected chi connectivity index (χ4v) is 3.29. The van der Waals surface area contributed by atoms with Crippen LogP contribution in [0.25, 0.3) is 0 Å². The number of Topliss-reactive ketones (excluding diaryl/α,β-unsaturated/α-hetero) is 2. The Kier molecular flexibility index (Phi) is 10.9. The number of nitrogens with one attached hydrogen (secondary N) is 1. The molecule has 0 aliphatic rings. The number of halogens is 1. The summed E-state index contributed by atoms with van der Waals surface area (Å²) >= 11 is 0. The quantitative estimate of drug-likeness (QED) is 0.0963. The normalized spacial score (nSPS) is 16.9. The summed E-state index contributed by atoms with van der Waals surface area (Å²) in [6, 6.07) is -3.72. The second kappa shape index (κ2) is 11.9. The number of rotatable bonds is 15. The summed E-state index contributed by atoms with van der Waals surface area (Å²) in [4.78, 5) is 73.0. The van der Waals surface area contributed by atoms with E-state index in [4.69, 9.17) is 26.4 Å². The number of hydrogen-bond acceptors (Lipinski definition) is 10. The Morgan fingerprint density at radius 3 is 1.76 bits per heavy atom. The molecule has 4 atom stereocenters. The van der Waals surface area contributed by atoms with Crippen LogP contribution in [-0.4, -0.2) is 74.0 Å². The zero-order chi connectivity index (χ0) is 27.1. The van der Waals surface area contributed by atoms with Gasteiger partial charge in [0.05, 0.1) is 23.9 Å². The van der Waals surface area contributed by atoms with E-state index in [2.05, 4.69) is 0 Å². The molecule has 0 aromatic rings. The van der Waals surface area contributed by atoms with Crippen LogP contribution in [0.5, 0.6) is 0 Å². The molecule has 0 fully saturated rings. The van der Waals surface area contributed by atoms with Gasteiger partial charge in [0.25, 0.3) is 0 Å². The van der Waals surface area contributed by atoms with Gasteiger partial charge in [-0.3, -0.25) is 24.0 Å². The van der Waals surface area contributed by atoms with Crippen molar-refractivity contribution < 1.29 is 53.3 Å². The Balaban J connectivity index is 6.64. The minimum Gasteiger partial charge on any atom is -0.481 e. The molecule has 0 aliphatic carbocycles. The summed E-state index contributed by atoms with van der Waals surface area (Å²) in [7, 11) is 0. The molecule has 0 heterocycles. The van der Waals surface area contributed by atoms with Gasteiger partial charge in [-0.15, -0.1) is 10.0 Å². The van der Waals surface area contributed by atoms with Crippen molar-refractivity contribution in [2.24, 2.45) is 16.9 Å². The lowest BCUT2D eigenvalue weighted by Gasteiger charge is -2.42. The first-order chi connectivity index (χ1) is 15.3. The minimum absolute atomic E-state index is 0.541. The molecule has 4 unspecified atom stereocenters. The highest BCUT2D eigenvalue weighted by Gasteiger charge is 2.63. The molecular weight excluding hydrogens is 461 g/mol. The van der Waals surface area contributed by atoms with E-state index in [1.54, 1.807) is 0 Å². The highest BCUT2D eigenvalue weighted by atomic mass is 19.2. The van der Waals surface area contributed by atoms with Crippen LogP contribution in [0.1, 0.15) is 59.8 Å². The molecule has 0 radical (unpaired) electrons. The van der Waals surface area contributed by atoms with Crippen molar-refractivity contribution in [3.05, 3.63) is 0 Å². The zero-order valence-electron chi connectivity index (χ0n) is 19.4. The van der Waals surface area contributed by atoms with E-state index >= 15 is 0 Å². The van der Waals surface area contributed by atoms with Crippen molar-refractivity contribution in [2.75, 3.05) is 0 Å². The first kappa shape index (κ1) is 31.0. The van der Waals surface area contributed by atoms with Crippen LogP contribution in [-0.2, 0) is 33.5 Å². The van der Waals surface area contributed by atoms with Crippen molar-refractivity contribution in [1.29, 1.82) is 0 Å². The van der Waals surface area contributed by atoms with E-state index in [1.165, 1.54) is 20.8 Å². The number of carbonyl (C=O) groups excluding carboxylic acids is 3. The topological polar surface area (TPSA) is 236 Å². The Labute approximate surface area is 194 Å². The van der Waals surface area contributed by atoms with E-state index in [-0.39, 0.29) is 0 Å². The molecule has 0 saturated heterocycles. The van der Waals surface area contributed by atoms with Gasteiger partial charge in [-0.05, 0) is 40.5 Å². The van der Waals surface area contributed by atoms with Crippen LogP contribution >= 0.6 is 0 Å². The van der Waals surface area contributed by atoms with Gasteiger partial charge < -0.3 is 31.5 Å². The van der Waals surface area contributed by atoms with Crippen LogP contribution in [0.2, 0.25) is 0 Å². The van der Waals surface area contributed by atoms with E-state index < -0.39 is 96.2 Å². The van der Waals surface area contributed by atoms with Crippen LogP contribution in [0.4, 0.5) is 4.48 Å². The van der Waals surface area contributed by atoms with Crippen LogP contribution in [0, 0.1) is 5.41 Å². The second-order valence-electron chi connectivity index (χ2n) is 9.07. The third-order valence-electron chi connectivity index (χ3n) is 5.16. The molecule has 8 N–H and O–H groups in total. The van der Waals surface area contributed by atoms with Gasteiger partial charge in [-0.25, -0.2) is 4.79 Å². The number of hydrogen-bond donors (Lipinski definition) is 6. The van der Waals surface area contributed by atoms with E-state index in [0.29, 0.717) is 0 Å². The Morgan fingerprint density at radius 1 is 0.912 bits per heavy atom. The molecule has 0 aromatic carbocycles. The maximum absolute atomic E-state index is 13.5. The molecule has 0 spiro atoms. The molecule has 34 heavy (non-hydrogen) atoms. The number of esters is 1. The number of ether oxygens (including phenoxy) is 1. The summed E-state index contributed by atoms with van der Waals surface area (Å²) in [6.07, 6.45) is -3.65. The summed E-state index contributed by atoms with van der Waals surface area (Å²) in [6.45, 7) is 5.26. The van der Waals surface area contributed by atoms with E-state index in [1.807, 2.05) is 0 Å². The molecule has 0 saturated carbocycles. The standard InChI is InChI=1S/C20H32FN3O10/c1-18(2,3)34-14(29)9-19(4,16(31)11(24-21)6-8-13(27)28)20(23,17(32)33)15(30)10(22)5-7-12(25)26/h10-11,24H,5-9,22-23H2,1-4H3,(H,25,26)(H,27,28)(H,32,33). The number of aliphatic carboxylic acids is 3. The maximum Gasteiger partial charge on any atom is 0.332 e. The fraction of sp³-hybridized carbons (Fsp3) is 0.700. The summed E-state index contributed by atoms with van der Waals surface area (Å²) in [5, 5.41) is 27.6. The monoisotopic (exact) mass is 493 g/mol. The molecule has 0 rings (SSSR count). The van der Waals surface area contributed by atoms with Gasteiger partial charge in [0.1, 0.15) is 5.60 Å². The molecular formula is C20H32FN3O10. The van der Waals surface area contributed by atoms with Crippen LogP contribution in [0.3, 0.4) is 0 Å². The summed E-state index contributed by atoms with van der Waals surface area (Å²) in [5.41, 5.74) is 5.71. The first-order valence-electron chi connectivity index (χ1n) is 10.2. The highest BCUT2D eigenvalue weighted by Crippen LogP contribution is 2.39. The third-order valence-corrected chi connectivity index (χ3v) is 5.16. The second-order valence-corrected chi connectivity index (χ2v) is 9.07. The van der Waals surface area contributed by atoms with Crippen molar-refractivity contribution >= 4 is 35.4 Å². The Bertz CT molecular complexity index is 828. The lowest BCUT2D eigenvalue weighted by molar-refractivity contribution is -0.169. The van der Waals surface area contributed by atoms with E-state index in [0.717, 1.165) is 12.5 Å². The van der Waals surface area contributed by atoms with Crippen molar-refractivity contribution in [2.45, 2.75) is 83.0 Å². The third kappa shape index (κ3) is 7.81. The molecule has 0 aromatic heterocycles. The average molecular weight is 493 g/mol. The molecule has 0 amide bonds. The predicted molar refractivity (Wildman–Crippen MR) is 113 cm³/mol. The highest BCUT2D eigenvalue weighted by molar-refractivity contribution is 6.16. The smallest absolute Gasteiger partial charge is 0.332 e. The lowest BCUT2D eigenvalue weighted by atomic mass is 9.61. The molecule has 14 heteroatoms.